The van der Waals surface area contributed by atoms with Gasteiger partial charge in [0.2, 0.25) is 0 Å². The largest absolute Gasteiger partial charge is 0.470 e. The lowest BCUT2D eigenvalue weighted by atomic mass is 10.1. The van der Waals surface area contributed by atoms with Crippen LogP contribution in [0.4, 0.5) is 0 Å². The number of aryl methyl sites for hydroxylation is 1. The molecule has 28 heavy (non-hydrogen) atoms. The van der Waals surface area contributed by atoms with Crippen LogP contribution in [0, 0.1) is 0 Å². The van der Waals surface area contributed by atoms with Gasteiger partial charge < -0.3 is 14.1 Å². The van der Waals surface area contributed by atoms with Gasteiger partial charge in [-0.25, -0.2) is 4.68 Å². The minimum atomic E-state index is -0.127. The van der Waals surface area contributed by atoms with Crippen molar-refractivity contribution in [3.05, 3.63) is 69.8 Å². The first-order chi connectivity index (χ1) is 13.4. The van der Waals surface area contributed by atoms with Crippen LogP contribution in [0.2, 0.25) is 5.02 Å². The van der Waals surface area contributed by atoms with E-state index in [9.17, 15) is 4.79 Å². The van der Waals surface area contributed by atoms with E-state index in [0.717, 1.165) is 23.1 Å². The minimum absolute atomic E-state index is 0.0593. The Hall–Kier alpha value is -2.25. The lowest BCUT2D eigenvalue weighted by molar-refractivity contribution is 0.0728. The SMILES string of the molecule is CC(CCc1ccco1)N(C)C(=O)c1ccn(COc2ccc(Cl)cc2Br)n1. The molecule has 0 aliphatic rings. The molecule has 1 unspecified atom stereocenters. The van der Waals surface area contributed by atoms with Gasteiger partial charge in [-0.1, -0.05) is 11.6 Å². The number of aromatic nitrogens is 2. The number of carbonyl (C=O) groups excluding carboxylic acids is 1. The average Bonchev–Trinajstić information content (AvgIpc) is 3.36. The Morgan fingerprint density at radius 2 is 2.21 bits per heavy atom. The summed E-state index contributed by atoms with van der Waals surface area (Å²) in [4.78, 5) is 14.4. The second-order valence-electron chi connectivity index (χ2n) is 6.47. The summed E-state index contributed by atoms with van der Waals surface area (Å²) in [7, 11) is 1.79. The highest BCUT2D eigenvalue weighted by Crippen LogP contribution is 2.28. The Morgan fingerprint density at radius 1 is 1.39 bits per heavy atom. The molecule has 1 amide bonds. The maximum Gasteiger partial charge on any atom is 0.274 e. The van der Waals surface area contributed by atoms with E-state index in [1.54, 1.807) is 53.4 Å². The van der Waals surface area contributed by atoms with Gasteiger partial charge in [-0.2, -0.15) is 5.10 Å². The average molecular weight is 467 g/mol. The monoisotopic (exact) mass is 465 g/mol. The molecule has 2 heterocycles. The Bertz CT molecular complexity index is 927. The van der Waals surface area contributed by atoms with Crippen LogP contribution in [0.3, 0.4) is 0 Å². The van der Waals surface area contributed by atoms with Crippen molar-refractivity contribution >= 4 is 33.4 Å². The molecule has 1 aromatic carbocycles. The molecule has 3 aromatic rings. The summed E-state index contributed by atoms with van der Waals surface area (Å²) in [6, 6.07) is 10.8. The molecule has 148 valence electrons. The lowest BCUT2D eigenvalue weighted by Gasteiger charge is -2.23. The van der Waals surface area contributed by atoms with Gasteiger partial charge in [0, 0.05) is 30.7 Å². The number of furan rings is 1. The topological polar surface area (TPSA) is 60.5 Å². The minimum Gasteiger partial charge on any atom is -0.470 e. The van der Waals surface area contributed by atoms with E-state index in [4.69, 9.17) is 20.8 Å². The molecule has 3 rings (SSSR count). The van der Waals surface area contributed by atoms with Crippen molar-refractivity contribution in [3.8, 4) is 5.75 Å². The summed E-state index contributed by atoms with van der Waals surface area (Å²) in [5.41, 5.74) is 0.381. The number of rotatable bonds is 8. The zero-order valence-corrected chi connectivity index (χ0v) is 18.0. The van der Waals surface area contributed by atoms with Crippen molar-refractivity contribution in [2.45, 2.75) is 32.5 Å². The van der Waals surface area contributed by atoms with E-state index in [0.29, 0.717) is 16.5 Å². The summed E-state index contributed by atoms with van der Waals surface area (Å²) < 4.78 is 13.4. The van der Waals surface area contributed by atoms with E-state index < -0.39 is 0 Å². The first-order valence-corrected chi connectivity index (χ1v) is 10.0. The quantitative estimate of drug-likeness (QED) is 0.467. The van der Waals surface area contributed by atoms with Crippen LogP contribution in [0.1, 0.15) is 29.6 Å². The molecule has 1 atom stereocenters. The predicted molar refractivity (Wildman–Crippen MR) is 111 cm³/mol. The molecular weight excluding hydrogens is 446 g/mol. The van der Waals surface area contributed by atoms with Crippen molar-refractivity contribution in [2.24, 2.45) is 0 Å². The number of benzene rings is 1. The number of carbonyl (C=O) groups is 1. The van der Waals surface area contributed by atoms with Crippen molar-refractivity contribution in [3.63, 3.8) is 0 Å². The normalized spacial score (nSPS) is 12.0. The van der Waals surface area contributed by atoms with Gasteiger partial charge in [-0.05, 0) is 65.7 Å². The van der Waals surface area contributed by atoms with Gasteiger partial charge in [-0.3, -0.25) is 4.79 Å². The molecule has 0 aliphatic carbocycles. The first kappa shape index (κ1) is 20.5. The third-order valence-corrected chi connectivity index (χ3v) is 5.33. The Labute approximate surface area is 177 Å². The van der Waals surface area contributed by atoms with E-state index in [1.165, 1.54) is 0 Å². The van der Waals surface area contributed by atoms with Gasteiger partial charge in [-0.15, -0.1) is 0 Å². The molecule has 0 N–H and O–H groups in total. The van der Waals surface area contributed by atoms with Crippen LogP contribution < -0.4 is 4.74 Å². The molecule has 0 radical (unpaired) electrons. The third kappa shape index (κ3) is 5.17. The molecule has 6 nitrogen and oxygen atoms in total. The number of amides is 1. The number of hydrogen-bond donors (Lipinski definition) is 0. The highest BCUT2D eigenvalue weighted by molar-refractivity contribution is 9.10. The second kappa shape index (κ2) is 9.30. The van der Waals surface area contributed by atoms with Crippen LogP contribution in [-0.4, -0.2) is 33.7 Å². The van der Waals surface area contributed by atoms with Crippen LogP contribution in [0.25, 0.3) is 0 Å². The fraction of sp³-hybridized carbons (Fsp3) is 0.300. The number of ether oxygens (including phenoxy) is 1. The third-order valence-electron chi connectivity index (χ3n) is 4.48. The summed E-state index contributed by atoms with van der Waals surface area (Å²) in [6.07, 6.45) is 4.97. The van der Waals surface area contributed by atoms with Crippen LogP contribution in [0.15, 0.2) is 57.7 Å². The smallest absolute Gasteiger partial charge is 0.274 e. The van der Waals surface area contributed by atoms with E-state index >= 15 is 0 Å². The van der Waals surface area contributed by atoms with Gasteiger partial charge in [0.05, 0.1) is 10.7 Å². The van der Waals surface area contributed by atoms with Crippen molar-refractivity contribution in [2.75, 3.05) is 7.05 Å². The molecule has 0 bridgehead atoms. The molecular formula is C20H21BrClN3O3. The lowest BCUT2D eigenvalue weighted by Crippen LogP contribution is -2.35. The standard InChI is InChI=1S/C20H21BrClN3O3/c1-14(5-7-16-4-3-11-27-16)24(2)20(26)18-9-10-25(23-18)13-28-19-8-6-15(22)12-17(19)21/h3-4,6,8-12,14H,5,7,13H2,1-2H3. The Morgan fingerprint density at radius 3 is 2.93 bits per heavy atom. The van der Waals surface area contributed by atoms with E-state index in [1.807, 2.05) is 19.1 Å². The number of nitrogens with zero attached hydrogens (tertiary/aromatic N) is 3. The Balaban J connectivity index is 1.55. The summed E-state index contributed by atoms with van der Waals surface area (Å²) in [6.45, 7) is 2.20. The molecule has 0 aliphatic heterocycles. The van der Waals surface area contributed by atoms with E-state index in [-0.39, 0.29) is 18.7 Å². The molecule has 2 aromatic heterocycles. The summed E-state index contributed by atoms with van der Waals surface area (Å²) in [5, 5.41) is 4.95. The highest BCUT2D eigenvalue weighted by Gasteiger charge is 2.20. The number of hydrogen-bond acceptors (Lipinski definition) is 4. The second-order valence-corrected chi connectivity index (χ2v) is 7.76. The fourth-order valence-electron chi connectivity index (χ4n) is 2.66. The molecule has 0 fully saturated rings. The molecule has 0 saturated heterocycles. The Kier molecular flexibility index (Phi) is 6.80. The first-order valence-electron chi connectivity index (χ1n) is 8.85. The van der Waals surface area contributed by atoms with Crippen LogP contribution in [0.5, 0.6) is 5.75 Å². The predicted octanol–water partition coefficient (Wildman–Crippen LogP) is 5.02. The van der Waals surface area contributed by atoms with Crippen molar-refractivity contribution < 1.29 is 13.9 Å². The van der Waals surface area contributed by atoms with Crippen molar-refractivity contribution in [1.29, 1.82) is 0 Å². The van der Waals surface area contributed by atoms with E-state index in [2.05, 4.69) is 21.0 Å². The zero-order chi connectivity index (χ0) is 20.1. The summed E-state index contributed by atoms with van der Waals surface area (Å²) in [5.74, 6) is 1.44. The van der Waals surface area contributed by atoms with Gasteiger partial charge in [0.15, 0.2) is 12.4 Å². The van der Waals surface area contributed by atoms with Crippen molar-refractivity contribution in [1.82, 2.24) is 14.7 Å². The molecule has 0 spiro atoms. The molecule has 8 heteroatoms. The fourth-order valence-corrected chi connectivity index (χ4v) is 3.45. The molecule has 0 saturated carbocycles. The van der Waals surface area contributed by atoms with Gasteiger partial charge >= 0.3 is 0 Å². The highest BCUT2D eigenvalue weighted by atomic mass is 79.9. The van der Waals surface area contributed by atoms with Gasteiger partial charge in [0.25, 0.3) is 5.91 Å². The zero-order valence-electron chi connectivity index (χ0n) is 15.6. The maximum atomic E-state index is 12.7. The number of halogens is 2. The van der Waals surface area contributed by atoms with Gasteiger partial charge in [0.1, 0.15) is 11.5 Å². The maximum absolute atomic E-state index is 12.7. The summed E-state index contributed by atoms with van der Waals surface area (Å²) >= 11 is 9.33. The van der Waals surface area contributed by atoms with Crippen LogP contribution >= 0.6 is 27.5 Å². The van der Waals surface area contributed by atoms with Crippen LogP contribution in [-0.2, 0) is 13.2 Å².